The molecule has 3 rings (SSSR count). The van der Waals surface area contributed by atoms with Gasteiger partial charge in [-0.15, -0.1) is 11.3 Å². The van der Waals surface area contributed by atoms with Crippen LogP contribution in [-0.2, 0) is 0 Å². The fraction of sp³-hybridized carbons (Fsp3) is 0. The highest BCUT2D eigenvalue weighted by Crippen LogP contribution is 2.30. The summed E-state index contributed by atoms with van der Waals surface area (Å²) in [7, 11) is 0. The summed E-state index contributed by atoms with van der Waals surface area (Å²) in [6.07, 6.45) is 0. The molecule has 4 nitrogen and oxygen atoms in total. The van der Waals surface area contributed by atoms with E-state index in [4.69, 9.17) is 11.6 Å². The molecule has 0 aliphatic carbocycles. The SMILES string of the molecule is O=C(c1cccs1)c1c(O)[nH]c2ccc(Cl)nc12. The number of aromatic amines is 1. The third-order valence-electron chi connectivity index (χ3n) is 2.56. The van der Waals surface area contributed by atoms with Gasteiger partial charge < -0.3 is 10.1 Å². The van der Waals surface area contributed by atoms with Gasteiger partial charge in [0, 0.05) is 0 Å². The normalized spacial score (nSPS) is 10.9. The second-order valence-electron chi connectivity index (χ2n) is 3.69. The van der Waals surface area contributed by atoms with E-state index in [2.05, 4.69) is 9.97 Å². The molecule has 0 aromatic carbocycles. The average Bonchev–Trinajstić information content (AvgIpc) is 2.94. The van der Waals surface area contributed by atoms with E-state index in [9.17, 15) is 9.90 Å². The molecule has 3 aromatic heterocycles. The Kier molecular flexibility index (Phi) is 2.57. The number of pyridine rings is 1. The zero-order valence-corrected chi connectivity index (χ0v) is 10.5. The Hall–Kier alpha value is -1.85. The van der Waals surface area contributed by atoms with Gasteiger partial charge in [0.15, 0.2) is 0 Å². The standard InChI is InChI=1S/C12H7ClN2O2S/c13-8-4-3-6-10(15-8)9(12(17)14-6)11(16)7-2-1-5-18-7/h1-5,14,17H. The molecule has 0 fully saturated rings. The number of halogens is 1. The molecule has 0 saturated carbocycles. The van der Waals surface area contributed by atoms with E-state index in [1.807, 2.05) is 0 Å². The van der Waals surface area contributed by atoms with E-state index in [0.717, 1.165) is 0 Å². The van der Waals surface area contributed by atoms with Crippen LogP contribution in [0.4, 0.5) is 0 Å². The van der Waals surface area contributed by atoms with E-state index in [0.29, 0.717) is 15.9 Å². The van der Waals surface area contributed by atoms with Crippen molar-refractivity contribution in [3.05, 3.63) is 45.2 Å². The number of hydrogen-bond donors (Lipinski definition) is 2. The van der Waals surface area contributed by atoms with Gasteiger partial charge in [-0.25, -0.2) is 4.98 Å². The summed E-state index contributed by atoms with van der Waals surface area (Å²) >= 11 is 7.13. The van der Waals surface area contributed by atoms with E-state index in [-0.39, 0.29) is 22.4 Å². The summed E-state index contributed by atoms with van der Waals surface area (Å²) in [6.45, 7) is 0. The Morgan fingerprint density at radius 2 is 2.22 bits per heavy atom. The second kappa shape index (κ2) is 4.12. The van der Waals surface area contributed by atoms with Crippen LogP contribution in [0.2, 0.25) is 5.15 Å². The predicted molar refractivity (Wildman–Crippen MR) is 70.5 cm³/mol. The molecule has 0 spiro atoms. The van der Waals surface area contributed by atoms with Crippen molar-refractivity contribution in [2.75, 3.05) is 0 Å². The van der Waals surface area contributed by atoms with Crippen LogP contribution in [0.15, 0.2) is 29.6 Å². The Labute approximate surface area is 111 Å². The lowest BCUT2D eigenvalue weighted by atomic mass is 10.1. The van der Waals surface area contributed by atoms with Crippen molar-refractivity contribution in [1.29, 1.82) is 0 Å². The zero-order valence-electron chi connectivity index (χ0n) is 8.98. The van der Waals surface area contributed by atoms with Crippen LogP contribution >= 0.6 is 22.9 Å². The summed E-state index contributed by atoms with van der Waals surface area (Å²) in [6, 6.07) is 6.76. The minimum atomic E-state index is -0.261. The molecule has 3 heterocycles. The largest absolute Gasteiger partial charge is 0.494 e. The van der Waals surface area contributed by atoms with Crippen molar-refractivity contribution in [3.63, 3.8) is 0 Å². The maximum absolute atomic E-state index is 12.3. The van der Waals surface area contributed by atoms with Gasteiger partial charge in [0.1, 0.15) is 16.2 Å². The number of ketones is 1. The van der Waals surface area contributed by atoms with E-state index in [1.165, 1.54) is 11.3 Å². The predicted octanol–water partition coefficient (Wildman–Crippen LogP) is 3.21. The minimum absolute atomic E-state index is 0.162. The van der Waals surface area contributed by atoms with Crippen LogP contribution in [0, 0.1) is 0 Å². The number of fused-ring (bicyclic) bond motifs is 1. The summed E-state index contributed by atoms with van der Waals surface area (Å²) in [5, 5.41) is 11.9. The van der Waals surface area contributed by atoms with E-state index < -0.39 is 0 Å². The van der Waals surface area contributed by atoms with Crippen molar-refractivity contribution in [1.82, 2.24) is 9.97 Å². The van der Waals surface area contributed by atoms with Crippen molar-refractivity contribution in [3.8, 4) is 5.88 Å². The molecule has 0 aliphatic rings. The lowest BCUT2D eigenvalue weighted by Gasteiger charge is -1.97. The first-order valence-corrected chi connectivity index (χ1v) is 6.38. The van der Waals surface area contributed by atoms with Gasteiger partial charge in [0.25, 0.3) is 0 Å². The Balaban J connectivity index is 2.25. The fourth-order valence-electron chi connectivity index (χ4n) is 1.78. The first kappa shape index (κ1) is 11.3. The fourth-order valence-corrected chi connectivity index (χ4v) is 2.59. The maximum Gasteiger partial charge on any atom is 0.210 e. The molecule has 0 atom stereocenters. The van der Waals surface area contributed by atoms with Gasteiger partial charge in [-0.3, -0.25) is 4.79 Å². The Morgan fingerprint density at radius 3 is 2.94 bits per heavy atom. The number of nitrogens with zero attached hydrogens (tertiary/aromatic N) is 1. The number of aromatic hydroxyl groups is 1. The summed E-state index contributed by atoms with van der Waals surface area (Å²) in [4.78, 5) is 19.6. The molecule has 2 N–H and O–H groups in total. The molecule has 6 heteroatoms. The molecular weight excluding hydrogens is 272 g/mol. The van der Waals surface area contributed by atoms with Gasteiger partial charge >= 0.3 is 0 Å². The molecule has 90 valence electrons. The number of hydrogen-bond acceptors (Lipinski definition) is 4. The minimum Gasteiger partial charge on any atom is -0.494 e. The zero-order chi connectivity index (χ0) is 12.7. The van der Waals surface area contributed by atoms with Crippen LogP contribution in [0.5, 0.6) is 5.88 Å². The van der Waals surface area contributed by atoms with Gasteiger partial charge in [-0.05, 0) is 23.6 Å². The monoisotopic (exact) mass is 278 g/mol. The van der Waals surface area contributed by atoms with Crippen molar-refractivity contribution in [2.24, 2.45) is 0 Å². The van der Waals surface area contributed by atoms with Gasteiger partial charge in [-0.1, -0.05) is 17.7 Å². The molecule has 0 aliphatic heterocycles. The molecule has 18 heavy (non-hydrogen) atoms. The van der Waals surface area contributed by atoms with Gasteiger partial charge in [0.2, 0.25) is 11.7 Å². The first-order chi connectivity index (χ1) is 8.66. The molecular formula is C12H7ClN2O2S. The van der Waals surface area contributed by atoms with Crippen LogP contribution in [-0.4, -0.2) is 20.9 Å². The lowest BCUT2D eigenvalue weighted by Crippen LogP contribution is -1.98. The van der Waals surface area contributed by atoms with Gasteiger partial charge in [0.05, 0.1) is 10.4 Å². The molecule has 0 radical (unpaired) electrons. The summed E-state index contributed by atoms with van der Waals surface area (Å²) in [5.41, 5.74) is 1.13. The second-order valence-corrected chi connectivity index (χ2v) is 5.02. The Morgan fingerprint density at radius 1 is 1.39 bits per heavy atom. The number of carbonyl (C=O) groups excluding carboxylic acids is 1. The van der Waals surface area contributed by atoms with E-state index in [1.54, 1.807) is 29.6 Å². The summed E-state index contributed by atoms with van der Waals surface area (Å²) < 4.78 is 0. The molecule has 0 saturated heterocycles. The molecule has 0 bridgehead atoms. The molecule has 0 unspecified atom stereocenters. The third-order valence-corrected chi connectivity index (χ3v) is 3.64. The van der Waals surface area contributed by atoms with Crippen molar-refractivity contribution < 1.29 is 9.90 Å². The third kappa shape index (κ3) is 1.68. The summed E-state index contributed by atoms with van der Waals surface area (Å²) in [5.74, 6) is -0.443. The number of thiophene rings is 1. The van der Waals surface area contributed by atoms with Crippen LogP contribution in [0.25, 0.3) is 11.0 Å². The number of nitrogens with one attached hydrogen (secondary N) is 1. The Bertz CT molecular complexity index is 734. The number of aromatic nitrogens is 2. The van der Waals surface area contributed by atoms with Crippen molar-refractivity contribution >= 4 is 39.8 Å². The highest BCUT2D eigenvalue weighted by atomic mass is 35.5. The first-order valence-electron chi connectivity index (χ1n) is 5.12. The van der Waals surface area contributed by atoms with Crippen LogP contribution < -0.4 is 0 Å². The highest BCUT2D eigenvalue weighted by Gasteiger charge is 2.21. The van der Waals surface area contributed by atoms with Crippen molar-refractivity contribution in [2.45, 2.75) is 0 Å². The van der Waals surface area contributed by atoms with Crippen LogP contribution in [0.1, 0.15) is 15.2 Å². The van der Waals surface area contributed by atoms with Crippen LogP contribution in [0.3, 0.4) is 0 Å². The number of rotatable bonds is 2. The molecule has 0 amide bonds. The lowest BCUT2D eigenvalue weighted by molar-refractivity contribution is 0.104. The quantitative estimate of drug-likeness (QED) is 0.559. The number of H-pyrrole nitrogens is 1. The smallest absolute Gasteiger partial charge is 0.210 e. The maximum atomic E-state index is 12.3. The van der Waals surface area contributed by atoms with Gasteiger partial charge in [-0.2, -0.15) is 0 Å². The molecule has 3 aromatic rings. The highest BCUT2D eigenvalue weighted by molar-refractivity contribution is 7.12. The number of carbonyl (C=O) groups is 1. The topological polar surface area (TPSA) is 66.0 Å². The average molecular weight is 279 g/mol. The van der Waals surface area contributed by atoms with E-state index >= 15 is 0 Å².